The van der Waals surface area contributed by atoms with E-state index in [1.54, 1.807) is 12.3 Å². The number of nitrogen functional groups attached to an aromatic ring is 1. The lowest BCUT2D eigenvalue weighted by molar-refractivity contribution is -0.123. The van der Waals surface area contributed by atoms with Crippen molar-refractivity contribution >= 4 is 28.7 Å². The van der Waals surface area contributed by atoms with E-state index in [2.05, 4.69) is 33.6 Å². The average molecular weight is 551 g/mol. The van der Waals surface area contributed by atoms with Gasteiger partial charge in [0.15, 0.2) is 11.5 Å². The normalized spacial score (nSPS) is 18.8. The Morgan fingerprint density at radius 2 is 1.95 bits per heavy atom. The molecule has 11 nitrogen and oxygen atoms in total. The van der Waals surface area contributed by atoms with Gasteiger partial charge in [0.25, 0.3) is 5.91 Å². The molecule has 4 N–H and O–H groups in total. The van der Waals surface area contributed by atoms with Crippen LogP contribution in [0.1, 0.15) is 73.6 Å². The Labute approximate surface area is 236 Å². The zero-order chi connectivity index (χ0) is 28.4. The molecule has 2 amide bonds. The van der Waals surface area contributed by atoms with E-state index in [9.17, 15) is 14.9 Å². The quantitative estimate of drug-likeness (QED) is 0.285. The molecule has 0 unspecified atom stereocenters. The third-order valence-corrected chi connectivity index (χ3v) is 8.36. The summed E-state index contributed by atoms with van der Waals surface area (Å²) in [5, 5.41) is 20.1. The molecule has 41 heavy (non-hydrogen) atoms. The summed E-state index contributed by atoms with van der Waals surface area (Å²) in [5.41, 5.74) is 9.15. The number of nitrogens with zero attached hydrogens (tertiary/aromatic N) is 5. The molecule has 208 valence electrons. The number of rotatable bonds is 9. The van der Waals surface area contributed by atoms with Gasteiger partial charge in [-0.15, -0.1) is 0 Å². The standard InChI is InChI=1S/C30H30N8O3/c1-29(8-9-29)24-14-22(38(37-24)19-4-5-19)28(40)35-21(27(39)36-30(16-31)10-11-30)13-26-34-20-6-2-17(12-23(20)41-26)18-3-7-25(32)33-15-18/h2-3,6-7,12,14-15,19,21H,4-5,8-11,13H2,1H3,(H2,32,33)(H,35,40)(H,36,39)/t21-/m0/s1. The Bertz CT molecular complexity index is 1720. The van der Waals surface area contributed by atoms with E-state index < -0.39 is 17.5 Å². The van der Waals surface area contributed by atoms with Crippen molar-refractivity contribution in [1.29, 1.82) is 5.26 Å². The molecule has 3 aliphatic rings. The minimum absolute atomic E-state index is 0.0105. The number of hydrogen-bond acceptors (Lipinski definition) is 8. The first-order valence-electron chi connectivity index (χ1n) is 14.0. The third-order valence-electron chi connectivity index (χ3n) is 8.36. The number of nitriles is 1. The molecule has 0 saturated heterocycles. The summed E-state index contributed by atoms with van der Waals surface area (Å²) in [6.07, 6.45) is 6.92. The molecule has 0 spiro atoms. The van der Waals surface area contributed by atoms with Crippen molar-refractivity contribution in [3.63, 3.8) is 0 Å². The van der Waals surface area contributed by atoms with E-state index >= 15 is 0 Å². The van der Waals surface area contributed by atoms with Crippen LogP contribution in [0.5, 0.6) is 0 Å². The predicted octanol–water partition coefficient (Wildman–Crippen LogP) is 3.57. The fourth-order valence-corrected chi connectivity index (χ4v) is 5.04. The number of oxazole rings is 1. The number of nitrogens with one attached hydrogen (secondary N) is 2. The van der Waals surface area contributed by atoms with Crippen LogP contribution < -0.4 is 16.4 Å². The van der Waals surface area contributed by atoms with Crippen LogP contribution >= 0.6 is 0 Å². The molecular formula is C30H30N8O3. The van der Waals surface area contributed by atoms with Crippen LogP contribution in [-0.4, -0.2) is 43.1 Å². The summed E-state index contributed by atoms with van der Waals surface area (Å²) < 4.78 is 7.87. The molecule has 1 aromatic carbocycles. The van der Waals surface area contributed by atoms with Crippen molar-refractivity contribution in [3.05, 3.63) is 59.9 Å². The van der Waals surface area contributed by atoms with Gasteiger partial charge in [0.05, 0.1) is 24.2 Å². The summed E-state index contributed by atoms with van der Waals surface area (Å²) in [7, 11) is 0. The van der Waals surface area contributed by atoms with Crippen LogP contribution in [0.25, 0.3) is 22.2 Å². The number of pyridine rings is 1. The Morgan fingerprint density at radius 3 is 2.61 bits per heavy atom. The maximum absolute atomic E-state index is 13.6. The highest BCUT2D eigenvalue weighted by Gasteiger charge is 2.46. The van der Waals surface area contributed by atoms with Crippen LogP contribution in [-0.2, 0) is 16.6 Å². The van der Waals surface area contributed by atoms with E-state index in [0.717, 1.165) is 42.5 Å². The first kappa shape index (κ1) is 25.3. The van der Waals surface area contributed by atoms with Crippen molar-refractivity contribution in [2.24, 2.45) is 0 Å². The Morgan fingerprint density at radius 1 is 1.17 bits per heavy atom. The summed E-state index contributed by atoms with van der Waals surface area (Å²) in [6, 6.07) is 12.5. The average Bonchev–Trinajstić information content (AvgIpc) is 3.93. The van der Waals surface area contributed by atoms with Gasteiger partial charge in [0.2, 0.25) is 5.91 Å². The fourth-order valence-electron chi connectivity index (χ4n) is 5.04. The van der Waals surface area contributed by atoms with Crippen molar-refractivity contribution in [2.45, 2.75) is 74.9 Å². The first-order valence-corrected chi connectivity index (χ1v) is 14.0. The summed E-state index contributed by atoms with van der Waals surface area (Å²) in [5.74, 6) is -0.0846. The number of nitrogens with two attached hydrogens (primary N) is 1. The van der Waals surface area contributed by atoms with Gasteiger partial charge in [0, 0.05) is 17.2 Å². The summed E-state index contributed by atoms with van der Waals surface area (Å²) in [4.78, 5) is 35.8. The minimum Gasteiger partial charge on any atom is -0.441 e. The van der Waals surface area contributed by atoms with E-state index in [-0.39, 0.29) is 23.8 Å². The van der Waals surface area contributed by atoms with Crippen molar-refractivity contribution < 1.29 is 14.0 Å². The lowest BCUT2D eigenvalue weighted by Gasteiger charge is -2.19. The Hall–Kier alpha value is -4.72. The van der Waals surface area contributed by atoms with Crippen LogP contribution in [0.3, 0.4) is 0 Å². The number of anilines is 1. The minimum atomic E-state index is -0.996. The number of hydrogen-bond donors (Lipinski definition) is 3. The Kier molecular flexibility index (Phi) is 5.64. The van der Waals surface area contributed by atoms with Crippen molar-refractivity contribution in [2.75, 3.05) is 5.73 Å². The third kappa shape index (κ3) is 4.90. The molecule has 0 aliphatic heterocycles. The molecule has 3 heterocycles. The zero-order valence-electron chi connectivity index (χ0n) is 22.7. The Balaban J connectivity index is 1.16. The largest absolute Gasteiger partial charge is 0.441 e. The smallest absolute Gasteiger partial charge is 0.270 e. The van der Waals surface area contributed by atoms with E-state index in [0.29, 0.717) is 41.3 Å². The molecule has 4 aromatic rings. The maximum Gasteiger partial charge on any atom is 0.270 e. The lowest BCUT2D eigenvalue weighted by Crippen LogP contribution is -2.51. The predicted molar refractivity (Wildman–Crippen MR) is 149 cm³/mol. The summed E-state index contributed by atoms with van der Waals surface area (Å²) >= 11 is 0. The van der Waals surface area contributed by atoms with Gasteiger partial charge in [-0.1, -0.05) is 13.0 Å². The molecule has 7 rings (SSSR count). The highest BCUT2D eigenvalue weighted by Crippen LogP contribution is 2.48. The van der Waals surface area contributed by atoms with Gasteiger partial charge in [-0.25, -0.2) is 9.97 Å². The number of carbonyl (C=O) groups excluding carboxylic acids is 2. The maximum atomic E-state index is 13.6. The highest BCUT2D eigenvalue weighted by molar-refractivity contribution is 5.97. The van der Waals surface area contributed by atoms with Crippen LogP contribution in [0.4, 0.5) is 5.82 Å². The fraction of sp³-hybridized carbons (Fsp3) is 0.400. The van der Waals surface area contributed by atoms with Crippen LogP contribution in [0.15, 0.2) is 47.0 Å². The summed E-state index contributed by atoms with van der Waals surface area (Å²) in [6.45, 7) is 2.16. The molecule has 3 saturated carbocycles. The van der Waals surface area contributed by atoms with Gasteiger partial charge >= 0.3 is 0 Å². The highest BCUT2D eigenvalue weighted by atomic mass is 16.3. The molecule has 1 atom stereocenters. The van der Waals surface area contributed by atoms with Gasteiger partial charge in [-0.2, -0.15) is 10.4 Å². The van der Waals surface area contributed by atoms with E-state index in [4.69, 9.17) is 15.2 Å². The molecule has 0 radical (unpaired) electrons. The number of carbonyl (C=O) groups is 2. The number of amides is 2. The molecular weight excluding hydrogens is 520 g/mol. The molecule has 0 bridgehead atoms. The van der Waals surface area contributed by atoms with Crippen molar-refractivity contribution in [3.8, 4) is 17.2 Å². The second-order valence-corrected chi connectivity index (χ2v) is 11.8. The van der Waals surface area contributed by atoms with Gasteiger partial charge in [0.1, 0.15) is 28.6 Å². The van der Waals surface area contributed by atoms with Crippen LogP contribution in [0, 0.1) is 11.3 Å². The van der Waals surface area contributed by atoms with E-state index in [1.807, 2.05) is 35.0 Å². The van der Waals surface area contributed by atoms with Gasteiger partial charge in [-0.3, -0.25) is 14.3 Å². The molecule has 11 heteroatoms. The van der Waals surface area contributed by atoms with Gasteiger partial charge < -0.3 is 20.8 Å². The number of aromatic nitrogens is 4. The lowest BCUT2D eigenvalue weighted by atomic mass is 10.1. The van der Waals surface area contributed by atoms with Crippen molar-refractivity contribution in [1.82, 2.24) is 30.4 Å². The zero-order valence-corrected chi connectivity index (χ0v) is 22.7. The first-order chi connectivity index (χ1) is 19.7. The molecule has 3 fully saturated rings. The van der Waals surface area contributed by atoms with Gasteiger partial charge in [-0.05, 0) is 74.4 Å². The number of benzene rings is 1. The number of fused-ring (bicyclic) bond motifs is 1. The SMILES string of the molecule is CC1(c2cc(C(=O)N[C@@H](Cc3nc4ccc(-c5ccc(N)nc5)cc4o3)C(=O)NC3(C#N)CC3)n(C3CC3)n2)CC1. The van der Waals surface area contributed by atoms with Crippen LogP contribution in [0.2, 0.25) is 0 Å². The second kappa shape index (κ2) is 9.16. The molecule has 3 aromatic heterocycles. The molecule has 3 aliphatic carbocycles. The van der Waals surface area contributed by atoms with E-state index in [1.165, 1.54) is 0 Å². The topological polar surface area (TPSA) is 165 Å². The second-order valence-electron chi connectivity index (χ2n) is 11.8. The monoisotopic (exact) mass is 550 g/mol.